The number of carbonyl (C=O) groups is 3. The second-order valence-corrected chi connectivity index (χ2v) is 5.06. The van der Waals surface area contributed by atoms with Crippen LogP contribution in [0.2, 0.25) is 0 Å². The van der Waals surface area contributed by atoms with Crippen LogP contribution >= 0.6 is 0 Å². The predicted molar refractivity (Wildman–Crippen MR) is 53.1 cm³/mol. The van der Waals surface area contributed by atoms with Crippen LogP contribution in [0.3, 0.4) is 0 Å². The number of hydrogen-bond acceptors (Lipinski definition) is 4. The minimum absolute atomic E-state index is 0.195. The molecule has 2 saturated carbocycles. The lowest BCUT2D eigenvalue weighted by atomic mass is 9.55. The number of carboxylic acid groups (broad SMARTS) is 3. The van der Waals surface area contributed by atoms with Gasteiger partial charge in [0, 0.05) is 0 Å². The summed E-state index contributed by atoms with van der Waals surface area (Å²) in [6.45, 7) is 0. The Balaban J connectivity index is 2.15. The molecule has 0 heterocycles. The Bertz CT molecular complexity index is 411. The van der Waals surface area contributed by atoms with E-state index in [0.29, 0.717) is 0 Å². The number of aliphatic carboxylic acids is 3. The predicted octanol–water partition coefficient (Wildman–Crippen LogP) is -0.646. The first-order valence-corrected chi connectivity index (χ1v) is 5.21. The summed E-state index contributed by atoms with van der Waals surface area (Å²) in [5.74, 6) is -4.58. The Hall–Kier alpha value is -1.63. The van der Waals surface area contributed by atoms with E-state index in [9.17, 15) is 14.4 Å². The van der Waals surface area contributed by atoms with E-state index >= 15 is 0 Å². The van der Waals surface area contributed by atoms with Gasteiger partial charge in [0.05, 0.1) is 11.3 Å². The van der Waals surface area contributed by atoms with E-state index < -0.39 is 40.7 Å². The third-order valence-corrected chi connectivity index (χ3v) is 3.93. The fourth-order valence-electron chi connectivity index (χ4n) is 2.88. The Morgan fingerprint density at radius 3 is 1.88 bits per heavy atom. The third kappa shape index (κ3) is 1.49. The van der Waals surface area contributed by atoms with Crippen molar-refractivity contribution in [3.63, 3.8) is 0 Å². The second kappa shape index (κ2) is 3.19. The first kappa shape index (κ1) is 11.8. The summed E-state index contributed by atoms with van der Waals surface area (Å²) >= 11 is 0. The summed E-state index contributed by atoms with van der Waals surface area (Å²) in [7, 11) is 0. The van der Waals surface area contributed by atoms with Crippen molar-refractivity contribution in [3.8, 4) is 0 Å². The maximum atomic E-state index is 11.2. The van der Waals surface area contributed by atoms with Crippen LogP contribution in [0.25, 0.3) is 0 Å². The van der Waals surface area contributed by atoms with Gasteiger partial charge in [0.1, 0.15) is 5.54 Å². The second-order valence-electron chi connectivity index (χ2n) is 5.06. The zero-order valence-corrected chi connectivity index (χ0v) is 8.92. The first-order chi connectivity index (χ1) is 7.73. The standard InChI is InChI=1S/C10H13NO6/c11-10(8(16)17)2-9(3-10,7(14)15)5-1-4(5)6(12)13/h4-5H,1-3,11H2,(H,12,13)(H,14,15)(H,16,17)/t4-,5-,9?,10?/m0/s1. The van der Waals surface area contributed by atoms with Crippen LogP contribution in [-0.4, -0.2) is 38.8 Å². The number of carboxylic acids is 3. The average molecular weight is 243 g/mol. The van der Waals surface area contributed by atoms with Gasteiger partial charge in [0.2, 0.25) is 0 Å². The monoisotopic (exact) mass is 243 g/mol. The van der Waals surface area contributed by atoms with Crippen molar-refractivity contribution >= 4 is 17.9 Å². The van der Waals surface area contributed by atoms with Gasteiger partial charge in [-0.15, -0.1) is 0 Å². The van der Waals surface area contributed by atoms with Gasteiger partial charge in [-0.1, -0.05) is 0 Å². The summed E-state index contributed by atoms with van der Waals surface area (Å²) in [5, 5.41) is 26.8. The van der Waals surface area contributed by atoms with Crippen LogP contribution in [0.5, 0.6) is 0 Å². The Kier molecular flexibility index (Phi) is 2.22. The molecule has 0 saturated heterocycles. The van der Waals surface area contributed by atoms with Crippen LogP contribution < -0.4 is 5.73 Å². The van der Waals surface area contributed by atoms with Crippen molar-refractivity contribution in [1.29, 1.82) is 0 Å². The van der Waals surface area contributed by atoms with Crippen LogP contribution in [0.1, 0.15) is 19.3 Å². The molecule has 94 valence electrons. The number of rotatable bonds is 4. The lowest BCUT2D eigenvalue weighted by Crippen LogP contribution is -2.66. The van der Waals surface area contributed by atoms with Crippen molar-refractivity contribution in [2.24, 2.45) is 23.0 Å². The molecule has 5 N–H and O–H groups in total. The highest BCUT2D eigenvalue weighted by Crippen LogP contribution is 2.63. The summed E-state index contributed by atoms with van der Waals surface area (Å²) in [6.07, 6.45) is -0.102. The Morgan fingerprint density at radius 1 is 1.06 bits per heavy atom. The molecule has 0 unspecified atom stereocenters. The molecule has 2 aliphatic rings. The number of hydrogen-bond donors (Lipinski definition) is 4. The molecule has 17 heavy (non-hydrogen) atoms. The van der Waals surface area contributed by atoms with Crippen LogP contribution in [0.4, 0.5) is 0 Å². The van der Waals surface area contributed by atoms with Crippen LogP contribution in [0, 0.1) is 17.3 Å². The van der Waals surface area contributed by atoms with Crippen molar-refractivity contribution in [2.75, 3.05) is 0 Å². The molecule has 0 aromatic carbocycles. The molecule has 2 aliphatic carbocycles. The fraction of sp³-hybridized carbons (Fsp3) is 0.700. The molecule has 0 bridgehead atoms. The molecule has 7 nitrogen and oxygen atoms in total. The van der Waals surface area contributed by atoms with Gasteiger partial charge in [-0.25, -0.2) is 0 Å². The minimum atomic E-state index is -1.52. The van der Waals surface area contributed by atoms with Crippen molar-refractivity contribution < 1.29 is 29.7 Å². The van der Waals surface area contributed by atoms with E-state index in [2.05, 4.69) is 0 Å². The maximum Gasteiger partial charge on any atom is 0.323 e. The Labute approximate surface area is 96.2 Å². The molecular formula is C10H13NO6. The third-order valence-electron chi connectivity index (χ3n) is 3.93. The molecule has 0 spiro atoms. The van der Waals surface area contributed by atoms with E-state index in [0.717, 1.165) is 0 Å². The van der Waals surface area contributed by atoms with Gasteiger partial charge >= 0.3 is 17.9 Å². The normalized spacial score (nSPS) is 43.6. The van der Waals surface area contributed by atoms with Crippen LogP contribution in [0.15, 0.2) is 0 Å². The smallest absolute Gasteiger partial charge is 0.323 e. The summed E-state index contributed by atoms with van der Waals surface area (Å²) in [4.78, 5) is 32.8. The van der Waals surface area contributed by atoms with Crippen LogP contribution in [-0.2, 0) is 14.4 Å². The summed E-state index contributed by atoms with van der Waals surface area (Å²) in [6, 6.07) is 0. The van der Waals surface area contributed by atoms with Gasteiger partial charge in [0.15, 0.2) is 0 Å². The van der Waals surface area contributed by atoms with E-state index in [1.165, 1.54) is 0 Å². The Morgan fingerprint density at radius 2 is 1.59 bits per heavy atom. The average Bonchev–Trinajstić information content (AvgIpc) is 2.90. The molecule has 0 radical (unpaired) electrons. The lowest BCUT2D eigenvalue weighted by molar-refractivity contribution is -0.172. The molecule has 2 rings (SSSR count). The minimum Gasteiger partial charge on any atom is -0.481 e. The van der Waals surface area contributed by atoms with E-state index in [1.54, 1.807) is 0 Å². The highest BCUT2D eigenvalue weighted by molar-refractivity contribution is 5.88. The molecule has 0 aliphatic heterocycles. The van der Waals surface area contributed by atoms with Crippen molar-refractivity contribution in [3.05, 3.63) is 0 Å². The fourth-order valence-corrected chi connectivity index (χ4v) is 2.88. The SMILES string of the molecule is NC1(C(=O)O)CC(C(=O)O)([C@H]2C[C@@H]2C(=O)O)C1. The molecular weight excluding hydrogens is 230 g/mol. The van der Waals surface area contributed by atoms with E-state index in [-0.39, 0.29) is 19.3 Å². The lowest BCUT2D eigenvalue weighted by Gasteiger charge is -2.49. The summed E-state index contributed by atoms with van der Waals surface area (Å²) < 4.78 is 0. The molecule has 2 fully saturated rings. The molecule has 7 heteroatoms. The topological polar surface area (TPSA) is 138 Å². The molecule has 0 aromatic heterocycles. The first-order valence-electron chi connectivity index (χ1n) is 5.21. The number of nitrogens with two attached hydrogens (primary N) is 1. The van der Waals surface area contributed by atoms with E-state index in [4.69, 9.17) is 21.1 Å². The highest BCUT2D eigenvalue weighted by Gasteiger charge is 2.70. The molecule has 2 atom stereocenters. The molecule has 0 aromatic rings. The van der Waals surface area contributed by atoms with Gasteiger partial charge in [-0.05, 0) is 25.2 Å². The summed E-state index contributed by atoms with van der Waals surface area (Å²) in [5.41, 5.74) is 2.74. The zero-order valence-electron chi connectivity index (χ0n) is 8.92. The maximum absolute atomic E-state index is 11.2. The zero-order chi connectivity index (χ0) is 13.0. The van der Waals surface area contributed by atoms with Crippen molar-refractivity contribution in [1.82, 2.24) is 0 Å². The van der Waals surface area contributed by atoms with E-state index in [1.807, 2.05) is 0 Å². The van der Waals surface area contributed by atoms with Gasteiger partial charge in [-0.3, -0.25) is 14.4 Å². The highest BCUT2D eigenvalue weighted by atomic mass is 16.4. The van der Waals surface area contributed by atoms with Gasteiger partial charge in [0.25, 0.3) is 0 Å². The van der Waals surface area contributed by atoms with Crippen molar-refractivity contribution in [2.45, 2.75) is 24.8 Å². The largest absolute Gasteiger partial charge is 0.481 e. The quantitative estimate of drug-likeness (QED) is 0.514. The molecule has 0 amide bonds. The van der Waals surface area contributed by atoms with Gasteiger partial charge in [-0.2, -0.15) is 0 Å². The van der Waals surface area contributed by atoms with Gasteiger partial charge < -0.3 is 21.1 Å².